The number of rotatable bonds is 9. The van der Waals surface area contributed by atoms with Crippen molar-refractivity contribution in [2.45, 2.75) is 43.0 Å². The van der Waals surface area contributed by atoms with Crippen molar-refractivity contribution in [3.05, 3.63) is 81.8 Å². The third-order valence-corrected chi connectivity index (χ3v) is 9.77. The zero-order valence-corrected chi connectivity index (χ0v) is 26.5. The summed E-state index contributed by atoms with van der Waals surface area (Å²) in [6.45, 7) is 9.10. The summed E-state index contributed by atoms with van der Waals surface area (Å²) in [5.41, 5.74) is -1.08. The number of benzene rings is 3. The van der Waals surface area contributed by atoms with Gasteiger partial charge in [0.15, 0.2) is 5.54 Å². The first-order valence-corrected chi connectivity index (χ1v) is 16.1. The van der Waals surface area contributed by atoms with Gasteiger partial charge in [0, 0.05) is 53.0 Å². The van der Waals surface area contributed by atoms with Gasteiger partial charge < -0.3 is 25.8 Å². The molecule has 10 nitrogen and oxygen atoms in total. The fourth-order valence-electron chi connectivity index (χ4n) is 5.08. The molecule has 0 radical (unpaired) electrons. The first kappa shape index (κ1) is 32.1. The van der Waals surface area contributed by atoms with E-state index in [4.69, 9.17) is 23.2 Å². The predicted molar refractivity (Wildman–Crippen MR) is 168 cm³/mol. The molecular formula is C30H33Cl2N5O5S. The Hall–Kier alpha value is -3.80. The summed E-state index contributed by atoms with van der Waals surface area (Å²) in [5.74, 6) is -0.690. The van der Waals surface area contributed by atoms with Crippen LogP contribution in [0.1, 0.15) is 38.8 Å². The van der Waals surface area contributed by atoms with E-state index in [2.05, 4.69) is 16.0 Å². The molecule has 13 heteroatoms. The monoisotopic (exact) mass is 645 g/mol. The van der Waals surface area contributed by atoms with E-state index in [0.717, 1.165) is 0 Å². The number of carbonyl (C=O) groups is 3. The van der Waals surface area contributed by atoms with Gasteiger partial charge in [-0.1, -0.05) is 41.4 Å². The fourth-order valence-corrected chi connectivity index (χ4v) is 7.10. The van der Waals surface area contributed by atoms with Crippen molar-refractivity contribution in [2.75, 3.05) is 36.8 Å². The summed E-state index contributed by atoms with van der Waals surface area (Å²) in [4.78, 5) is 42.5. The van der Waals surface area contributed by atoms with Crippen molar-refractivity contribution in [1.29, 1.82) is 0 Å². The van der Waals surface area contributed by atoms with Crippen LogP contribution in [0, 0.1) is 0 Å². The second-order valence-electron chi connectivity index (χ2n) is 9.74. The molecule has 3 aromatic carbocycles. The minimum absolute atomic E-state index is 0.0203. The SMILES string of the molecule is CCN(CC)C(=O)Nc1ccc(S(=O)(=O)c2cc(Cl)cc3c2NC(=O)C3(NC(=O)N(CC)CC)c2ccccc2Cl)cc1. The van der Waals surface area contributed by atoms with E-state index in [1.165, 1.54) is 41.3 Å². The minimum atomic E-state index is -4.26. The average Bonchev–Trinajstić information content (AvgIpc) is 3.25. The standard InChI is InChI=1S/C30H33Cl2N5O5S/c1-5-36(6-2)28(39)33-20-13-15-21(16-14-20)43(41,42)25-18-19(31)17-23-26(25)34-27(38)30(23,22-11-9-10-12-24(22)32)35-29(40)37(7-3)8-4/h9-18H,5-8H2,1-4H3,(H,33,39)(H,34,38)(H,35,40). The van der Waals surface area contributed by atoms with E-state index < -0.39 is 27.3 Å². The van der Waals surface area contributed by atoms with Gasteiger partial charge in [-0.05, 0) is 70.2 Å². The van der Waals surface area contributed by atoms with Gasteiger partial charge in [0.1, 0.15) is 0 Å². The Morgan fingerprint density at radius 2 is 1.42 bits per heavy atom. The maximum absolute atomic E-state index is 14.0. The lowest BCUT2D eigenvalue weighted by atomic mass is 9.83. The molecule has 1 aliphatic rings. The third kappa shape index (κ3) is 5.89. The molecule has 3 N–H and O–H groups in total. The molecule has 4 rings (SSSR count). The first-order chi connectivity index (χ1) is 20.4. The Bertz CT molecular complexity index is 1660. The Balaban J connectivity index is 1.84. The maximum atomic E-state index is 14.0. The van der Waals surface area contributed by atoms with E-state index >= 15 is 0 Å². The highest BCUT2D eigenvalue weighted by molar-refractivity contribution is 7.91. The molecule has 0 bridgehead atoms. The van der Waals surface area contributed by atoms with Crippen molar-refractivity contribution in [1.82, 2.24) is 15.1 Å². The number of hydrogen-bond donors (Lipinski definition) is 3. The largest absolute Gasteiger partial charge is 0.325 e. The molecule has 43 heavy (non-hydrogen) atoms. The summed E-state index contributed by atoms with van der Waals surface area (Å²) >= 11 is 13.1. The molecular weight excluding hydrogens is 613 g/mol. The fraction of sp³-hybridized carbons (Fsp3) is 0.300. The van der Waals surface area contributed by atoms with Gasteiger partial charge >= 0.3 is 12.1 Å². The van der Waals surface area contributed by atoms with Gasteiger partial charge in [-0.25, -0.2) is 18.0 Å². The van der Waals surface area contributed by atoms with Crippen molar-refractivity contribution >= 4 is 62.4 Å². The number of nitrogens with zero attached hydrogens (tertiary/aromatic N) is 2. The summed E-state index contributed by atoms with van der Waals surface area (Å²) in [7, 11) is -4.26. The number of anilines is 2. The Morgan fingerprint density at radius 3 is 2.00 bits per heavy atom. The van der Waals surface area contributed by atoms with Crippen LogP contribution < -0.4 is 16.0 Å². The predicted octanol–water partition coefficient (Wildman–Crippen LogP) is 5.95. The highest BCUT2D eigenvalue weighted by atomic mass is 35.5. The number of sulfone groups is 1. The lowest BCUT2D eigenvalue weighted by molar-refractivity contribution is -0.120. The van der Waals surface area contributed by atoms with E-state index in [-0.39, 0.29) is 42.7 Å². The Morgan fingerprint density at radius 1 is 0.837 bits per heavy atom. The molecule has 1 heterocycles. The number of fused-ring (bicyclic) bond motifs is 1. The molecule has 1 aliphatic heterocycles. The normalized spacial score (nSPS) is 15.8. The first-order valence-electron chi connectivity index (χ1n) is 13.8. The molecule has 5 amide bonds. The highest BCUT2D eigenvalue weighted by Crippen LogP contribution is 2.48. The van der Waals surface area contributed by atoms with Gasteiger partial charge in [0.2, 0.25) is 9.84 Å². The lowest BCUT2D eigenvalue weighted by Crippen LogP contribution is -2.55. The van der Waals surface area contributed by atoms with E-state index in [1.807, 2.05) is 13.8 Å². The molecule has 0 aliphatic carbocycles. The number of halogens is 2. The van der Waals surface area contributed by atoms with Crippen LogP contribution in [0.4, 0.5) is 21.0 Å². The summed E-state index contributed by atoms with van der Waals surface area (Å²) in [6.07, 6.45) is 0. The summed E-state index contributed by atoms with van der Waals surface area (Å²) in [5, 5.41) is 8.51. The lowest BCUT2D eigenvalue weighted by Gasteiger charge is -2.33. The molecule has 228 valence electrons. The molecule has 1 unspecified atom stereocenters. The van der Waals surface area contributed by atoms with Crippen molar-refractivity contribution in [3.63, 3.8) is 0 Å². The second kappa shape index (κ2) is 12.8. The zero-order valence-electron chi connectivity index (χ0n) is 24.2. The number of urea groups is 2. The van der Waals surface area contributed by atoms with Crippen LogP contribution in [-0.2, 0) is 20.2 Å². The summed E-state index contributed by atoms with van der Waals surface area (Å²) in [6, 6.07) is 14.1. The average molecular weight is 647 g/mol. The van der Waals surface area contributed by atoms with Crippen molar-refractivity contribution in [3.8, 4) is 0 Å². The van der Waals surface area contributed by atoms with Gasteiger partial charge in [0.25, 0.3) is 5.91 Å². The van der Waals surface area contributed by atoms with Crippen molar-refractivity contribution < 1.29 is 22.8 Å². The number of carbonyl (C=O) groups excluding carboxylic acids is 3. The molecule has 0 aromatic heterocycles. The van der Waals surface area contributed by atoms with Crippen LogP contribution in [0.2, 0.25) is 10.0 Å². The van der Waals surface area contributed by atoms with Crippen molar-refractivity contribution in [2.24, 2.45) is 0 Å². The van der Waals surface area contributed by atoms with Crippen LogP contribution in [0.25, 0.3) is 0 Å². The zero-order chi connectivity index (χ0) is 31.5. The van der Waals surface area contributed by atoms with Crippen LogP contribution in [-0.4, -0.2) is 62.4 Å². The quantitative estimate of drug-likeness (QED) is 0.265. The topological polar surface area (TPSA) is 128 Å². The second-order valence-corrected chi connectivity index (χ2v) is 12.5. The maximum Gasteiger partial charge on any atom is 0.321 e. The number of hydrogen-bond acceptors (Lipinski definition) is 5. The molecule has 0 saturated carbocycles. The van der Waals surface area contributed by atoms with E-state index in [1.54, 1.807) is 43.0 Å². The number of amides is 5. The van der Waals surface area contributed by atoms with Gasteiger partial charge in [-0.2, -0.15) is 0 Å². The van der Waals surface area contributed by atoms with Crippen LogP contribution in [0.3, 0.4) is 0 Å². The van der Waals surface area contributed by atoms with Crippen LogP contribution >= 0.6 is 23.2 Å². The Labute approximate surface area is 261 Å². The van der Waals surface area contributed by atoms with E-state index in [9.17, 15) is 22.8 Å². The number of nitrogens with one attached hydrogen (secondary N) is 3. The van der Waals surface area contributed by atoms with Gasteiger partial charge in [-0.3, -0.25) is 4.79 Å². The third-order valence-electron chi connectivity index (χ3n) is 7.43. The minimum Gasteiger partial charge on any atom is -0.325 e. The van der Waals surface area contributed by atoms with Gasteiger partial charge in [0.05, 0.1) is 15.5 Å². The molecule has 0 saturated heterocycles. The van der Waals surface area contributed by atoms with Crippen LogP contribution in [0.5, 0.6) is 0 Å². The summed E-state index contributed by atoms with van der Waals surface area (Å²) < 4.78 is 28.0. The smallest absolute Gasteiger partial charge is 0.321 e. The molecule has 1 atom stereocenters. The molecule has 3 aromatic rings. The highest BCUT2D eigenvalue weighted by Gasteiger charge is 2.53. The Kier molecular flexibility index (Phi) is 9.58. The van der Waals surface area contributed by atoms with Crippen LogP contribution in [0.15, 0.2) is 70.5 Å². The molecule has 0 spiro atoms. The van der Waals surface area contributed by atoms with Gasteiger partial charge in [-0.15, -0.1) is 0 Å². The van der Waals surface area contributed by atoms with E-state index in [0.29, 0.717) is 31.9 Å². The molecule has 0 fully saturated rings.